The summed E-state index contributed by atoms with van der Waals surface area (Å²) in [6.45, 7) is 0. The molecule has 0 unspecified atom stereocenters. The van der Waals surface area contributed by atoms with Gasteiger partial charge < -0.3 is 10.2 Å². The molecule has 0 aliphatic rings. The molecule has 4 aromatic carbocycles. The molecule has 0 saturated carbocycles. The third-order valence-electron chi connectivity index (χ3n) is 4.62. The smallest absolute Gasteiger partial charge is 0.261 e. The summed E-state index contributed by atoms with van der Waals surface area (Å²) >= 11 is 12.5. The molecule has 0 aromatic heterocycles. The number of hydrogen-bond acceptors (Lipinski definition) is 4. The molecule has 0 saturated heterocycles. The van der Waals surface area contributed by atoms with Gasteiger partial charge in [0.2, 0.25) is 0 Å². The highest BCUT2D eigenvalue weighted by molar-refractivity contribution is 7.92. The summed E-state index contributed by atoms with van der Waals surface area (Å²) in [5.41, 5.74) is 0.484. The Morgan fingerprint density at radius 3 is 2.00 bits per heavy atom. The number of aromatic hydroxyl groups is 2. The minimum atomic E-state index is -3.87. The highest BCUT2D eigenvalue weighted by Gasteiger charge is 2.20. The van der Waals surface area contributed by atoms with E-state index in [0.29, 0.717) is 15.8 Å². The molecule has 8 heteroatoms. The van der Waals surface area contributed by atoms with E-state index >= 15 is 0 Å². The predicted octanol–water partition coefficient (Wildman–Crippen LogP) is 6.03. The zero-order valence-electron chi connectivity index (χ0n) is 15.3. The molecule has 0 radical (unpaired) electrons. The first-order valence-corrected chi connectivity index (χ1v) is 11.0. The summed E-state index contributed by atoms with van der Waals surface area (Å²) in [5.74, 6) is -0.412. The van der Waals surface area contributed by atoms with Crippen LogP contribution in [0.2, 0.25) is 10.0 Å². The highest BCUT2D eigenvalue weighted by Crippen LogP contribution is 2.46. The first-order chi connectivity index (χ1) is 14.3. The molecule has 0 bridgehead atoms. The lowest BCUT2D eigenvalue weighted by molar-refractivity contribution is 0.472. The van der Waals surface area contributed by atoms with Gasteiger partial charge in [-0.15, -0.1) is 0 Å². The van der Waals surface area contributed by atoms with Crippen molar-refractivity contribution >= 4 is 49.7 Å². The van der Waals surface area contributed by atoms with Crippen LogP contribution < -0.4 is 4.72 Å². The average Bonchev–Trinajstić information content (AvgIpc) is 2.74. The van der Waals surface area contributed by atoms with Crippen LogP contribution in [-0.2, 0) is 10.0 Å². The summed E-state index contributed by atoms with van der Waals surface area (Å²) in [4.78, 5) is 0.0762. The number of nitrogens with one attached hydrogen (secondary N) is 1. The second-order valence-electron chi connectivity index (χ2n) is 6.57. The molecule has 0 amide bonds. The first kappa shape index (κ1) is 20.3. The van der Waals surface area contributed by atoms with Crippen molar-refractivity contribution in [3.05, 3.63) is 82.8 Å². The summed E-state index contributed by atoms with van der Waals surface area (Å²) in [6.07, 6.45) is 0. The normalized spacial score (nSPS) is 11.5. The van der Waals surface area contributed by atoms with Crippen LogP contribution in [0.25, 0.3) is 21.9 Å². The average molecular weight is 460 g/mol. The van der Waals surface area contributed by atoms with Gasteiger partial charge in [0, 0.05) is 26.9 Å². The molecule has 0 atom stereocenters. The Morgan fingerprint density at radius 2 is 1.30 bits per heavy atom. The van der Waals surface area contributed by atoms with Gasteiger partial charge >= 0.3 is 0 Å². The second-order valence-corrected chi connectivity index (χ2v) is 9.07. The number of hydrogen-bond donors (Lipinski definition) is 3. The van der Waals surface area contributed by atoms with Crippen molar-refractivity contribution in [1.82, 2.24) is 0 Å². The number of fused-ring (bicyclic) bond motifs is 1. The molecule has 0 fully saturated rings. The SMILES string of the molecule is O=S(=O)(Nc1cc(Cl)c(O)c(-c2cc(Cl)c3ccccc3c2O)c1)c1ccccc1. The van der Waals surface area contributed by atoms with Crippen LogP contribution >= 0.6 is 23.2 Å². The van der Waals surface area contributed by atoms with Crippen molar-refractivity contribution in [3.63, 3.8) is 0 Å². The third-order valence-corrected chi connectivity index (χ3v) is 6.62. The quantitative estimate of drug-likeness (QED) is 0.325. The van der Waals surface area contributed by atoms with Crippen LogP contribution in [0.1, 0.15) is 0 Å². The van der Waals surface area contributed by atoms with Crippen LogP contribution in [0.15, 0.2) is 77.7 Å². The van der Waals surface area contributed by atoms with Gasteiger partial charge in [-0.25, -0.2) is 8.42 Å². The van der Waals surface area contributed by atoms with E-state index in [-0.39, 0.29) is 38.2 Å². The first-order valence-electron chi connectivity index (χ1n) is 8.79. The van der Waals surface area contributed by atoms with E-state index in [2.05, 4.69) is 4.72 Å². The van der Waals surface area contributed by atoms with Crippen molar-refractivity contribution < 1.29 is 18.6 Å². The molecule has 30 heavy (non-hydrogen) atoms. The van der Waals surface area contributed by atoms with Gasteiger partial charge in [-0.05, 0) is 30.3 Å². The van der Waals surface area contributed by atoms with E-state index < -0.39 is 10.0 Å². The summed E-state index contributed by atoms with van der Waals surface area (Å²) in [6, 6.07) is 19.0. The molecule has 0 aliphatic heterocycles. The Kier molecular flexibility index (Phi) is 5.24. The molecule has 5 nitrogen and oxygen atoms in total. The Hall–Kier alpha value is -2.93. The van der Waals surface area contributed by atoms with Gasteiger partial charge in [0.25, 0.3) is 10.0 Å². The Labute approximate surface area is 183 Å². The minimum Gasteiger partial charge on any atom is -0.507 e. The van der Waals surface area contributed by atoms with E-state index in [1.807, 2.05) is 0 Å². The fourth-order valence-electron chi connectivity index (χ4n) is 3.20. The second kappa shape index (κ2) is 7.72. The predicted molar refractivity (Wildman–Crippen MR) is 120 cm³/mol. The number of rotatable bonds is 4. The summed E-state index contributed by atoms with van der Waals surface area (Å²) in [5, 5.41) is 22.7. The van der Waals surface area contributed by atoms with Gasteiger partial charge in [-0.3, -0.25) is 4.72 Å². The van der Waals surface area contributed by atoms with Crippen molar-refractivity contribution in [2.24, 2.45) is 0 Å². The lowest BCUT2D eigenvalue weighted by Crippen LogP contribution is -2.12. The van der Waals surface area contributed by atoms with E-state index in [1.165, 1.54) is 30.3 Å². The molecule has 4 rings (SSSR count). The number of anilines is 1. The monoisotopic (exact) mass is 459 g/mol. The molecular weight excluding hydrogens is 445 g/mol. The molecular formula is C22H15Cl2NO4S. The van der Waals surface area contributed by atoms with Crippen LogP contribution in [0.4, 0.5) is 5.69 Å². The van der Waals surface area contributed by atoms with E-state index in [0.717, 1.165) is 0 Å². The lowest BCUT2D eigenvalue weighted by Gasteiger charge is -2.15. The molecule has 3 N–H and O–H groups in total. The van der Waals surface area contributed by atoms with Crippen molar-refractivity contribution in [1.29, 1.82) is 0 Å². The Bertz CT molecular complexity index is 1370. The number of phenolic OH excluding ortho intramolecular Hbond substituents is 2. The number of phenols is 2. The zero-order chi connectivity index (χ0) is 21.5. The maximum absolute atomic E-state index is 12.7. The number of halogens is 2. The van der Waals surface area contributed by atoms with Gasteiger partial charge in [-0.1, -0.05) is 65.7 Å². The topological polar surface area (TPSA) is 86.6 Å². The summed E-state index contributed by atoms with van der Waals surface area (Å²) in [7, 11) is -3.87. The van der Waals surface area contributed by atoms with Gasteiger partial charge in [0.05, 0.1) is 15.6 Å². The standard InChI is InChI=1S/C22H15Cl2NO4S/c23-19-12-18(21(26)16-9-5-4-8-15(16)19)17-10-13(11-20(24)22(17)27)25-30(28,29)14-6-2-1-3-7-14/h1-12,25-27H. The minimum absolute atomic E-state index is 0.0762. The third kappa shape index (κ3) is 3.65. The van der Waals surface area contributed by atoms with Crippen LogP contribution in [0, 0.1) is 0 Å². The van der Waals surface area contributed by atoms with Gasteiger partial charge in [-0.2, -0.15) is 0 Å². The maximum Gasteiger partial charge on any atom is 0.261 e. The number of sulfonamides is 1. The molecule has 4 aromatic rings. The lowest BCUT2D eigenvalue weighted by atomic mass is 9.98. The van der Waals surface area contributed by atoms with E-state index in [1.54, 1.807) is 42.5 Å². The van der Waals surface area contributed by atoms with Crippen molar-refractivity contribution in [2.45, 2.75) is 4.90 Å². The number of benzene rings is 4. The van der Waals surface area contributed by atoms with Gasteiger partial charge in [0.15, 0.2) is 0 Å². The molecule has 0 spiro atoms. The van der Waals surface area contributed by atoms with Gasteiger partial charge in [0.1, 0.15) is 11.5 Å². The molecule has 0 heterocycles. The van der Waals surface area contributed by atoms with Crippen LogP contribution in [0.5, 0.6) is 11.5 Å². The highest BCUT2D eigenvalue weighted by atomic mass is 35.5. The fraction of sp³-hybridized carbons (Fsp3) is 0. The Balaban J connectivity index is 1.86. The van der Waals surface area contributed by atoms with Crippen LogP contribution in [0.3, 0.4) is 0 Å². The molecule has 0 aliphatic carbocycles. The Morgan fingerprint density at radius 1 is 0.700 bits per heavy atom. The van der Waals surface area contributed by atoms with E-state index in [9.17, 15) is 18.6 Å². The van der Waals surface area contributed by atoms with Crippen molar-refractivity contribution in [2.75, 3.05) is 4.72 Å². The summed E-state index contributed by atoms with van der Waals surface area (Å²) < 4.78 is 27.8. The fourth-order valence-corrected chi connectivity index (χ4v) is 4.75. The molecule has 152 valence electrons. The maximum atomic E-state index is 12.7. The van der Waals surface area contributed by atoms with Crippen molar-refractivity contribution in [3.8, 4) is 22.6 Å². The zero-order valence-corrected chi connectivity index (χ0v) is 17.6. The largest absolute Gasteiger partial charge is 0.507 e. The van der Waals surface area contributed by atoms with Crippen LogP contribution in [-0.4, -0.2) is 18.6 Å². The van der Waals surface area contributed by atoms with E-state index in [4.69, 9.17) is 23.2 Å².